The van der Waals surface area contributed by atoms with Crippen molar-refractivity contribution in [3.63, 3.8) is 0 Å². The van der Waals surface area contributed by atoms with Crippen molar-refractivity contribution in [3.8, 4) is 17.1 Å². The summed E-state index contributed by atoms with van der Waals surface area (Å²) < 4.78 is 7.17. The molecule has 0 unspecified atom stereocenters. The Labute approximate surface area is 175 Å². The van der Waals surface area contributed by atoms with E-state index in [1.54, 1.807) is 13.2 Å². The van der Waals surface area contributed by atoms with Crippen molar-refractivity contribution in [2.24, 2.45) is 0 Å². The number of aryl methyl sites for hydroxylation is 1. The van der Waals surface area contributed by atoms with Gasteiger partial charge in [0.05, 0.1) is 12.4 Å². The Bertz CT molecular complexity index is 981. The van der Waals surface area contributed by atoms with Crippen LogP contribution < -0.4 is 10.1 Å². The molecule has 1 amide bonds. The second kappa shape index (κ2) is 9.43. The van der Waals surface area contributed by atoms with Crippen molar-refractivity contribution < 1.29 is 9.53 Å². The van der Waals surface area contributed by atoms with Crippen molar-refractivity contribution in [1.82, 2.24) is 14.8 Å². The number of nitrogens with zero attached hydrogens (tertiary/aromatic N) is 3. The molecule has 0 spiro atoms. The number of carbonyl (C=O) groups is 1. The molecule has 150 valence electrons. The minimum atomic E-state index is -0.340. The highest BCUT2D eigenvalue weighted by Crippen LogP contribution is 2.28. The molecule has 0 aliphatic carbocycles. The van der Waals surface area contributed by atoms with Gasteiger partial charge in [0.2, 0.25) is 5.91 Å². The predicted molar refractivity (Wildman–Crippen MR) is 117 cm³/mol. The van der Waals surface area contributed by atoms with Crippen LogP contribution in [0.2, 0.25) is 0 Å². The third kappa shape index (κ3) is 5.06. The Morgan fingerprint density at radius 3 is 2.52 bits per heavy atom. The molecule has 1 atom stereocenters. The highest BCUT2D eigenvalue weighted by molar-refractivity contribution is 8.00. The van der Waals surface area contributed by atoms with Crippen LogP contribution >= 0.6 is 11.8 Å². The normalized spacial score (nSPS) is 11.7. The van der Waals surface area contributed by atoms with Gasteiger partial charge in [0.15, 0.2) is 11.0 Å². The van der Waals surface area contributed by atoms with E-state index in [1.807, 2.05) is 66.9 Å². The monoisotopic (exact) mass is 408 g/mol. The molecule has 0 aliphatic rings. The molecule has 1 aromatic heterocycles. The number of hydrogen-bond donors (Lipinski definition) is 1. The van der Waals surface area contributed by atoms with Crippen molar-refractivity contribution in [3.05, 3.63) is 66.7 Å². The van der Waals surface area contributed by atoms with Gasteiger partial charge in [0, 0.05) is 17.8 Å². The zero-order valence-electron chi connectivity index (χ0n) is 16.8. The average Bonchev–Trinajstić information content (AvgIpc) is 3.12. The molecule has 0 bridgehead atoms. The van der Waals surface area contributed by atoms with Crippen LogP contribution in [-0.2, 0) is 11.3 Å². The number of methoxy groups -OCH3 is 1. The largest absolute Gasteiger partial charge is 0.497 e. The quantitative estimate of drug-likeness (QED) is 0.437. The molecule has 2 aromatic carbocycles. The summed E-state index contributed by atoms with van der Waals surface area (Å²) in [6, 6.07) is 15.4. The number of aromatic nitrogens is 3. The fraction of sp³-hybridized carbons (Fsp3) is 0.227. The number of allylic oxidation sites excluding steroid dienone is 1. The number of rotatable bonds is 8. The zero-order valence-corrected chi connectivity index (χ0v) is 17.6. The lowest BCUT2D eigenvalue weighted by atomic mass is 10.2. The summed E-state index contributed by atoms with van der Waals surface area (Å²) in [6.45, 7) is 8.24. The van der Waals surface area contributed by atoms with Crippen LogP contribution in [0.1, 0.15) is 12.5 Å². The molecule has 0 fully saturated rings. The van der Waals surface area contributed by atoms with Crippen molar-refractivity contribution in [1.29, 1.82) is 0 Å². The van der Waals surface area contributed by atoms with E-state index in [0.717, 1.165) is 28.4 Å². The topological polar surface area (TPSA) is 69.0 Å². The number of amides is 1. The van der Waals surface area contributed by atoms with Gasteiger partial charge in [0.1, 0.15) is 5.75 Å². The molecule has 1 heterocycles. The zero-order chi connectivity index (χ0) is 20.8. The minimum absolute atomic E-state index is 0.0852. The molecule has 0 saturated heterocycles. The lowest BCUT2D eigenvalue weighted by molar-refractivity contribution is -0.115. The number of carbonyl (C=O) groups excluding carboxylic acids is 1. The van der Waals surface area contributed by atoms with Gasteiger partial charge in [-0.05, 0) is 50.2 Å². The van der Waals surface area contributed by atoms with Crippen LogP contribution in [0.3, 0.4) is 0 Å². The van der Waals surface area contributed by atoms with Gasteiger partial charge in [-0.2, -0.15) is 0 Å². The SMILES string of the molecule is C=CCn1c(S[C@@H](C)C(=O)Nc2ccc(C)cc2)nnc1-c1ccc(OC)cc1. The number of benzene rings is 2. The lowest BCUT2D eigenvalue weighted by Gasteiger charge is -2.13. The van der Waals surface area contributed by atoms with Gasteiger partial charge in [-0.25, -0.2) is 0 Å². The Kier molecular flexibility index (Phi) is 6.72. The van der Waals surface area contributed by atoms with Gasteiger partial charge in [-0.3, -0.25) is 9.36 Å². The first-order valence-electron chi connectivity index (χ1n) is 9.24. The van der Waals surface area contributed by atoms with Gasteiger partial charge in [-0.15, -0.1) is 16.8 Å². The van der Waals surface area contributed by atoms with Crippen molar-refractivity contribution in [2.45, 2.75) is 30.8 Å². The minimum Gasteiger partial charge on any atom is -0.497 e. The maximum Gasteiger partial charge on any atom is 0.237 e. The van der Waals surface area contributed by atoms with Crippen LogP contribution in [0.15, 0.2) is 66.3 Å². The number of nitrogens with one attached hydrogen (secondary N) is 1. The molecule has 6 nitrogen and oxygen atoms in total. The highest BCUT2D eigenvalue weighted by atomic mass is 32.2. The van der Waals surface area contributed by atoms with E-state index < -0.39 is 0 Å². The first-order valence-corrected chi connectivity index (χ1v) is 10.1. The van der Waals surface area contributed by atoms with Crippen LogP contribution in [0, 0.1) is 6.92 Å². The van der Waals surface area contributed by atoms with Gasteiger partial charge in [0.25, 0.3) is 0 Å². The van der Waals surface area contributed by atoms with Gasteiger partial charge < -0.3 is 10.1 Å². The Hall–Kier alpha value is -3.06. The summed E-state index contributed by atoms with van der Waals surface area (Å²) >= 11 is 1.37. The highest BCUT2D eigenvalue weighted by Gasteiger charge is 2.20. The van der Waals surface area contributed by atoms with E-state index in [0.29, 0.717) is 11.7 Å². The van der Waals surface area contributed by atoms with Crippen molar-refractivity contribution >= 4 is 23.4 Å². The maximum atomic E-state index is 12.6. The Morgan fingerprint density at radius 2 is 1.90 bits per heavy atom. The molecule has 7 heteroatoms. The first-order chi connectivity index (χ1) is 14.0. The summed E-state index contributed by atoms with van der Waals surface area (Å²) in [5.74, 6) is 1.42. The van der Waals surface area contributed by atoms with E-state index in [9.17, 15) is 4.79 Å². The third-order valence-corrected chi connectivity index (χ3v) is 5.43. The summed E-state index contributed by atoms with van der Waals surface area (Å²) in [5.41, 5.74) is 2.84. The van der Waals surface area contributed by atoms with Crippen molar-refractivity contribution in [2.75, 3.05) is 12.4 Å². The summed E-state index contributed by atoms with van der Waals surface area (Å²) in [6.07, 6.45) is 1.79. The predicted octanol–water partition coefficient (Wildman–Crippen LogP) is 4.57. The van der Waals surface area contributed by atoms with Gasteiger partial charge in [-0.1, -0.05) is 35.5 Å². The fourth-order valence-electron chi connectivity index (χ4n) is 2.72. The Morgan fingerprint density at radius 1 is 1.21 bits per heavy atom. The third-order valence-electron chi connectivity index (χ3n) is 4.35. The van der Waals surface area contributed by atoms with E-state index >= 15 is 0 Å². The smallest absolute Gasteiger partial charge is 0.237 e. The molecule has 3 rings (SSSR count). The molecular formula is C22H24N4O2S. The molecule has 1 N–H and O–H groups in total. The van der Waals surface area contributed by atoms with E-state index in [2.05, 4.69) is 22.1 Å². The first kappa shape index (κ1) is 20.7. The standard InChI is InChI=1S/C22H24N4O2S/c1-5-14-26-20(17-8-12-19(28-4)13-9-17)24-25-22(26)29-16(3)21(27)23-18-10-6-15(2)7-11-18/h5-13,16H,1,14H2,2-4H3,(H,23,27)/t16-/m0/s1. The molecule has 29 heavy (non-hydrogen) atoms. The van der Waals surface area contributed by atoms with Crippen LogP contribution in [0.25, 0.3) is 11.4 Å². The summed E-state index contributed by atoms with van der Waals surface area (Å²) in [5, 5.41) is 11.9. The van der Waals surface area contributed by atoms with E-state index in [1.165, 1.54) is 11.8 Å². The Balaban J connectivity index is 1.77. The molecular weight excluding hydrogens is 384 g/mol. The number of ether oxygens (including phenoxy) is 1. The average molecular weight is 409 g/mol. The number of anilines is 1. The van der Waals surface area contributed by atoms with Crippen LogP contribution in [0.4, 0.5) is 5.69 Å². The summed E-state index contributed by atoms with van der Waals surface area (Å²) in [4.78, 5) is 12.6. The lowest BCUT2D eigenvalue weighted by Crippen LogP contribution is -2.23. The molecule has 3 aromatic rings. The second-order valence-electron chi connectivity index (χ2n) is 6.55. The van der Waals surface area contributed by atoms with Crippen LogP contribution in [0.5, 0.6) is 5.75 Å². The summed E-state index contributed by atoms with van der Waals surface area (Å²) in [7, 11) is 1.63. The van der Waals surface area contributed by atoms with E-state index in [-0.39, 0.29) is 11.2 Å². The molecule has 0 saturated carbocycles. The van der Waals surface area contributed by atoms with E-state index in [4.69, 9.17) is 4.74 Å². The molecule has 0 aliphatic heterocycles. The fourth-order valence-corrected chi connectivity index (χ4v) is 3.57. The number of thioether (sulfide) groups is 1. The van der Waals surface area contributed by atoms with Gasteiger partial charge >= 0.3 is 0 Å². The van der Waals surface area contributed by atoms with Crippen LogP contribution in [-0.4, -0.2) is 33.0 Å². The molecule has 0 radical (unpaired) electrons. The maximum absolute atomic E-state index is 12.6. The number of hydrogen-bond acceptors (Lipinski definition) is 5. The second-order valence-corrected chi connectivity index (χ2v) is 7.86.